The van der Waals surface area contributed by atoms with Gasteiger partial charge in [0.1, 0.15) is 0 Å². The highest BCUT2D eigenvalue weighted by atomic mass is 16.3. The van der Waals surface area contributed by atoms with Gasteiger partial charge in [0.15, 0.2) is 0 Å². The fraction of sp³-hybridized carbons (Fsp3) is 0.533. The Morgan fingerprint density at radius 1 is 1.53 bits per heavy atom. The first kappa shape index (κ1) is 14.0. The van der Waals surface area contributed by atoms with Crippen molar-refractivity contribution < 1.29 is 9.90 Å². The van der Waals surface area contributed by atoms with Gasteiger partial charge in [-0.2, -0.15) is 0 Å². The predicted molar refractivity (Wildman–Crippen MR) is 75.9 cm³/mol. The van der Waals surface area contributed by atoms with Crippen LogP contribution in [-0.4, -0.2) is 24.1 Å². The number of carbonyl (C=O) groups is 1. The van der Waals surface area contributed by atoms with Crippen molar-refractivity contribution in [1.29, 1.82) is 0 Å². The molecule has 19 heavy (non-hydrogen) atoms. The molecule has 104 valence electrons. The third kappa shape index (κ3) is 4.04. The molecule has 0 saturated carbocycles. The molecule has 1 amide bonds. The van der Waals surface area contributed by atoms with E-state index in [0.29, 0.717) is 18.0 Å². The summed E-state index contributed by atoms with van der Waals surface area (Å²) >= 11 is 0. The van der Waals surface area contributed by atoms with Gasteiger partial charge in [0.25, 0.3) is 0 Å². The quantitative estimate of drug-likeness (QED) is 0.761. The lowest BCUT2D eigenvalue weighted by molar-refractivity contribution is -0.116. The molecule has 1 aliphatic rings. The molecule has 0 aliphatic carbocycles. The van der Waals surface area contributed by atoms with Crippen molar-refractivity contribution in [2.75, 3.05) is 18.4 Å². The zero-order valence-electron chi connectivity index (χ0n) is 11.4. The fourth-order valence-electron chi connectivity index (χ4n) is 2.48. The summed E-state index contributed by atoms with van der Waals surface area (Å²) in [6.07, 6.45) is 2.06. The van der Waals surface area contributed by atoms with Crippen molar-refractivity contribution in [2.24, 2.45) is 5.92 Å². The minimum Gasteiger partial charge on any atom is -0.389 e. The molecular weight excluding hydrogens is 240 g/mol. The zero-order chi connectivity index (χ0) is 13.7. The van der Waals surface area contributed by atoms with Gasteiger partial charge in [0.2, 0.25) is 5.91 Å². The number of rotatable bonds is 5. The number of hydrogen-bond acceptors (Lipinski definition) is 3. The number of aliphatic hydroxyl groups excluding tert-OH is 1. The molecule has 4 heteroatoms. The Morgan fingerprint density at radius 3 is 3.00 bits per heavy atom. The lowest BCUT2D eigenvalue weighted by atomic mass is 10.0. The summed E-state index contributed by atoms with van der Waals surface area (Å²) in [7, 11) is 0. The number of amides is 1. The first-order valence-corrected chi connectivity index (χ1v) is 6.94. The number of aliphatic hydroxyl groups is 1. The number of para-hydroxylation sites is 1. The molecule has 3 N–H and O–H groups in total. The van der Waals surface area contributed by atoms with E-state index in [-0.39, 0.29) is 5.91 Å². The Morgan fingerprint density at radius 2 is 2.32 bits per heavy atom. The van der Waals surface area contributed by atoms with Crippen molar-refractivity contribution in [3.63, 3.8) is 0 Å². The SMILES string of the molecule is CC(O)c1ccccc1NC(=O)CCC1CCNC1. The van der Waals surface area contributed by atoms with Gasteiger partial charge >= 0.3 is 0 Å². The molecule has 2 atom stereocenters. The van der Waals surface area contributed by atoms with Gasteiger partial charge in [-0.3, -0.25) is 4.79 Å². The second-order valence-corrected chi connectivity index (χ2v) is 5.21. The maximum atomic E-state index is 11.9. The molecule has 1 heterocycles. The molecule has 1 aromatic rings. The molecule has 2 unspecified atom stereocenters. The van der Waals surface area contributed by atoms with Crippen LogP contribution in [0.1, 0.15) is 37.9 Å². The number of benzene rings is 1. The van der Waals surface area contributed by atoms with Crippen molar-refractivity contribution in [3.8, 4) is 0 Å². The summed E-state index contributed by atoms with van der Waals surface area (Å²) in [6.45, 7) is 3.80. The largest absolute Gasteiger partial charge is 0.389 e. The van der Waals surface area contributed by atoms with E-state index in [4.69, 9.17) is 0 Å². The lowest BCUT2D eigenvalue weighted by Gasteiger charge is -2.13. The molecule has 0 spiro atoms. The molecule has 4 nitrogen and oxygen atoms in total. The van der Waals surface area contributed by atoms with Gasteiger partial charge in [-0.1, -0.05) is 18.2 Å². The van der Waals surface area contributed by atoms with E-state index in [2.05, 4.69) is 10.6 Å². The van der Waals surface area contributed by atoms with E-state index in [1.165, 1.54) is 0 Å². The normalized spacial score (nSPS) is 20.2. The summed E-state index contributed by atoms with van der Waals surface area (Å²) in [4.78, 5) is 11.9. The molecular formula is C15H22N2O2. The number of anilines is 1. The fourth-order valence-corrected chi connectivity index (χ4v) is 2.48. The lowest BCUT2D eigenvalue weighted by Crippen LogP contribution is -2.16. The molecule has 0 radical (unpaired) electrons. The first-order valence-electron chi connectivity index (χ1n) is 6.94. The summed E-state index contributed by atoms with van der Waals surface area (Å²) in [5.74, 6) is 0.651. The van der Waals surface area contributed by atoms with Crippen LogP contribution in [0.15, 0.2) is 24.3 Å². The molecule has 1 aliphatic heterocycles. The Kier molecular flexibility index (Phi) is 4.93. The van der Waals surface area contributed by atoms with Crippen molar-refractivity contribution in [2.45, 2.75) is 32.3 Å². The molecule has 2 rings (SSSR count). The first-order chi connectivity index (χ1) is 9.16. The highest BCUT2D eigenvalue weighted by Crippen LogP contribution is 2.23. The summed E-state index contributed by atoms with van der Waals surface area (Å²) < 4.78 is 0. The second-order valence-electron chi connectivity index (χ2n) is 5.21. The van der Waals surface area contributed by atoms with E-state index < -0.39 is 6.10 Å². The van der Waals surface area contributed by atoms with E-state index >= 15 is 0 Å². The number of nitrogens with one attached hydrogen (secondary N) is 2. The summed E-state index contributed by atoms with van der Waals surface area (Å²) in [6, 6.07) is 7.39. The highest BCUT2D eigenvalue weighted by Gasteiger charge is 2.16. The molecule has 1 saturated heterocycles. The van der Waals surface area contributed by atoms with Crippen LogP contribution in [0.4, 0.5) is 5.69 Å². The van der Waals surface area contributed by atoms with Crippen LogP contribution in [0.3, 0.4) is 0 Å². The van der Waals surface area contributed by atoms with E-state index in [9.17, 15) is 9.90 Å². The van der Waals surface area contributed by atoms with Crippen LogP contribution in [0.2, 0.25) is 0 Å². The average molecular weight is 262 g/mol. The molecule has 0 bridgehead atoms. The average Bonchev–Trinajstić information content (AvgIpc) is 2.90. The monoisotopic (exact) mass is 262 g/mol. The zero-order valence-corrected chi connectivity index (χ0v) is 11.4. The van der Waals surface area contributed by atoms with Crippen LogP contribution < -0.4 is 10.6 Å². The Bertz CT molecular complexity index is 426. The summed E-state index contributed by atoms with van der Waals surface area (Å²) in [5.41, 5.74) is 1.48. The Hall–Kier alpha value is -1.39. The van der Waals surface area contributed by atoms with Crippen LogP contribution in [-0.2, 0) is 4.79 Å². The minimum absolute atomic E-state index is 0.0278. The Labute approximate surface area is 114 Å². The van der Waals surface area contributed by atoms with Crippen LogP contribution in [0.25, 0.3) is 0 Å². The van der Waals surface area contributed by atoms with Gasteiger partial charge in [-0.05, 0) is 44.8 Å². The number of carbonyl (C=O) groups excluding carboxylic acids is 1. The van der Waals surface area contributed by atoms with Crippen LogP contribution >= 0.6 is 0 Å². The summed E-state index contributed by atoms with van der Waals surface area (Å²) in [5, 5.41) is 15.9. The standard InChI is InChI=1S/C15H22N2O2/c1-11(18)13-4-2-3-5-14(13)17-15(19)7-6-12-8-9-16-10-12/h2-5,11-12,16,18H,6-10H2,1H3,(H,17,19). The van der Waals surface area contributed by atoms with Crippen LogP contribution in [0, 0.1) is 5.92 Å². The van der Waals surface area contributed by atoms with E-state index in [1.54, 1.807) is 6.92 Å². The smallest absolute Gasteiger partial charge is 0.224 e. The van der Waals surface area contributed by atoms with Gasteiger partial charge in [0, 0.05) is 17.7 Å². The third-order valence-electron chi connectivity index (χ3n) is 3.63. The Balaban J connectivity index is 1.87. The van der Waals surface area contributed by atoms with Crippen molar-refractivity contribution >= 4 is 11.6 Å². The second kappa shape index (κ2) is 6.68. The molecule has 1 aromatic carbocycles. The number of hydrogen-bond donors (Lipinski definition) is 3. The van der Waals surface area contributed by atoms with Gasteiger partial charge in [-0.15, -0.1) is 0 Å². The van der Waals surface area contributed by atoms with Crippen LogP contribution in [0.5, 0.6) is 0 Å². The van der Waals surface area contributed by atoms with E-state index in [1.807, 2.05) is 24.3 Å². The topological polar surface area (TPSA) is 61.4 Å². The van der Waals surface area contributed by atoms with Crippen molar-refractivity contribution in [1.82, 2.24) is 5.32 Å². The molecule has 0 aromatic heterocycles. The predicted octanol–water partition coefficient (Wildman–Crippen LogP) is 2.07. The van der Waals surface area contributed by atoms with E-state index in [0.717, 1.165) is 31.5 Å². The van der Waals surface area contributed by atoms with Crippen molar-refractivity contribution in [3.05, 3.63) is 29.8 Å². The van der Waals surface area contributed by atoms with Gasteiger partial charge < -0.3 is 15.7 Å². The maximum Gasteiger partial charge on any atom is 0.224 e. The van der Waals surface area contributed by atoms with Gasteiger partial charge in [-0.25, -0.2) is 0 Å². The highest BCUT2D eigenvalue weighted by molar-refractivity contribution is 5.91. The third-order valence-corrected chi connectivity index (χ3v) is 3.63. The van der Waals surface area contributed by atoms with Gasteiger partial charge in [0.05, 0.1) is 6.10 Å². The maximum absolute atomic E-state index is 11.9. The minimum atomic E-state index is -0.574. The molecule has 1 fully saturated rings.